The van der Waals surface area contributed by atoms with Crippen molar-refractivity contribution in [2.75, 3.05) is 62.2 Å². The van der Waals surface area contributed by atoms with Crippen molar-refractivity contribution < 1.29 is 57.5 Å². The Bertz CT molecular complexity index is 2430. The zero-order valence-electron chi connectivity index (χ0n) is 35.7. The average Bonchev–Trinajstić information content (AvgIpc) is 3.31. The summed E-state index contributed by atoms with van der Waals surface area (Å²) >= 11 is 2.24. The van der Waals surface area contributed by atoms with Crippen molar-refractivity contribution >= 4 is 52.5 Å². The minimum absolute atomic E-state index is 0.0649. The van der Waals surface area contributed by atoms with Crippen LogP contribution in [0, 0.1) is 3.57 Å². The molecule has 13 nitrogen and oxygen atoms in total. The van der Waals surface area contributed by atoms with Crippen LogP contribution >= 0.6 is 22.6 Å². The molecular weight excluding hydrogens is 908 g/mol. The fraction of sp³-hybridized carbons (Fsp3) is 0.191. The van der Waals surface area contributed by atoms with Crippen molar-refractivity contribution in [2.24, 2.45) is 0 Å². The number of hydrogen-bond donors (Lipinski definition) is 3. The van der Waals surface area contributed by atoms with Gasteiger partial charge in [-0.3, -0.25) is 9.59 Å². The molecule has 0 heterocycles. The van der Waals surface area contributed by atoms with Crippen LogP contribution in [0.15, 0.2) is 121 Å². The van der Waals surface area contributed by atoms with E-state index in [-0.39, 0.29) is 11.7 Å². The molecule has 15 heteroatoms. The molecular formula is C47H49BINO12. The number of carbonyl (C=O) groups excluding carboxylic acids is 2. The van der Waals surface area contributed by atoms with Crippen molar-refractivity contribution in [3.8, 4) is 57.1 Å². The van der Waals surface area contributed by atoms with Crippen LogP contribution in [-0.4, -0.2) is 85.7 Å². The van der Waals surface area contributed by atoms with Crippen LogP contribution in [0.5, 0.6) is 46.0 Å². The second kappa shape index (κ2) is 24.1. The van der Waals surface area contributed by atoms with Crippen LogP contribution in [0.4, 0.5) is 5.69 Å². The quantitative estimate of drug-likeness (QED) is 0.0523. The lowest BCUT2D eigenvalue weighted by atomic mass is 9.80. The van der Waals surface area contributed by atoms with E-state index in [1.54, 1.807) is 84.1 Å². The summed E-state index contributed by atoms with van der Waals surface area (Å²) in [5, 5.41) is 20.7. The van der Waals surface area contributed by atoms with Gasteiger partial charge in [-0.25, -0.2) is 0 Å². The van der Waals surface area contributed by atoms with Crippen LogP contribution in [0.25, 0.3) is 11.1 Å². The Hall–Kier alpha value is -6.43. The zero-order valence-corrected chi connectivity index (χ0v) is 37.8. The van der Waals surface area contributed by atoms with Crippen LogP contribution < -0.4 is 48.7 Å². The number of rotatable bonds is 15. The number of Topliss-reactive ketones (excluding diaryl/α,β-unsaturated/α-hetero) is 1. The molecule has 0 aliphatic heterocycles. The number of para-hydroxylation sites is 1. The predicted octanol–water partition coefficient (Wildman–Crippen LogP) is 7.76. The van der Waals surface area contributed by atoms with E-state index in [1.165, 1.54) is 27.4 Å². The molecule has 3 N–H and O–H groups in total. The lowest BCUT2D eigenvalue weighted by molar-refractivity contribution is 0.0990. The highest BCUT2D eigenvalue weighted by molar-refractivity contribution is 14.1. The van der Waals surface area contributed by atoms with Crippen LogP contribution in [0.2, 0.25) is 0 Å². The number of nitrogens with one attached hydrogen (secondary N) is 1. The van der Waals surface area contributed by atoms with Gasteiger partial charge in [-0.2, -0.15) is 0 Å². The number of halogens is 1. The minimum atomic E-state index is -1.49. The second-order valence-corrected chi connectivity index (χ2v) is 14.1. The van der Waals surface area contributed by atoms with Gasteiger partial charge in [-0.15, -0.1) is 0 Å². The van der Waals surface area contributed by atoms with Gasteiger partial charge in [0, 0.05) is 32.4 Å². The number of benzene rings is 6. The third-order valence-electron chi connectivity index (χ3n) is 9.24. The Balaban J connectivity index is 0.000000222. The van der Waals surface area contributed by atoms with Crippen molar-refractivity contribution in [1.29, 1.82) is 0 Å². The maximum absolute atomic E-state index is 12.8. The summed E-state index contributed by atoms with van der Waals surface area (Å²) < 4.78 is 42.7. The van der Waals surface area contributed by atoms with E-state index in [1.807, 2.05) is 66.7 Å². The van der Waals surface area contributed by atoms with Crippen LogP contribution in [0.3, 0.4) is 0 Å². The molecule has 0 aromatic heterocycles. The molecule has 0 aliphatic rings. The molecule has 0 aliphatic carbocycles. The molecule has 0 bridgehead atoms. The van der Waals surface area contributed by atoms with E-state index < -0.39 is 7.12 Å². The normalized spacial score (nSPS) is 10.0. The van der Waals surface area contributed by atoms with Crippen LogP contribution in [-0.2, 0) is 6.42 Å². The molecule has 0 saturated heterocycles. The van der Waals surface area contributed by atoms with E-state index >= 15 is 0 Å². The number of ether oxygens (including phenoxy) is 8. The molecule has 0 radical (unpaired) electrons. The number of anilines is 1. The summed E-state index contributed by atoms with van der Waals surface area (Å²) in [4.78, 5) is 25.2. The summed E-state index contributed by atoms with van der Waals surface area (Å²) in [5.41, 5.74) is 4.94. The lowest BCUT2D eigenvalue weighted by Gasteiger charge is -2.14. The van der Waals surface area contributed by atoms with Gasteiger partial charge in [0.2, 0.25) is 0 Å². The molecule has 0 fully saturated rings. The third kappa shape index (κ3) is 12.8. The standard InChI is InChI=1S/C23H23NO5.C16H15IO3.C8H11BO4/c1-26-19-11-9-15(13-21(19)28-3)17-7-5-6-8-18(17)24-23(25)16-10-12-20(27-2)22(14-16)29-4;1-19-15-8-7-12(10-16(15)20-2)14(18)9-11-5-3-4-6-13(11)17;1-12-7-4-3-6(9(10)11)5-8(7)13-2/h5-14H,1-4H3,(H,24,25);3-8,10H,9H2,1-2H3;3-5,10-11H,1-2H3. The highest BCUT2D eigenvalue weighted by Gasteiger charge is 2.16. The lowest BCUT2D eigenvalue weighted by Crippen LogP contribution is -2.29. The molecule has 324 valence electrons. The van der Waals surface area contributed by atoms with Gasteiger partial charge >= 0.3 is 7.12 Å². The monoisotopic (exact) mass is 957 g/mol. The van der Waals surface area contributed by atoms with E-state index in [0.717, 1.165) is 20.3 Å². The van der Waals surface area contributed by atoms with Gasteiger partial charge in [-0.05, 0) is 112 Å². The molecule has 0 spiro atoms. The van der Waals surface area contributed by atoms with Gasteiger partial charge < -0.3 is 53.3 Å². The maximum Gasteiger partial charge on any atom is 0.488 e. The molecule has 0 atom stereocenters. The van der Waals surface area contributed by atoms with E-state index in [0.29, 0.717) is 74.7 Å². The Morgan fingerprint density at radius 1 is 0.516 bits per heavy atom. The predicted molar refractivity (Wildman–Crippen MR) is 249 cm³/mol. The van der Waals surface area contributed by atoms with E-state index in [9.17, 15) is 9.59 Å². The Morgan fingerprint density at radius 2 is 0.968 bits per heavy atom. The zero-order chi connectivity index (χ0) is 45.2. The van der Waals surface area contributed by atoms with Gasteiger partial charge in [0.25, 0.3) is 5.91 Å². The average molecular weight is 958 g/mol. The minimum Gasteiger partial charge on any atom is -0.493 e. The Morgan fingerprint density at radius 3 is 1.52 bits per heavy atom. The van der Waals surface area contributed by atoms with Gasteiger partial charge in [-0.1, -0.05) is 48.5 Å². The molecule has 6 rings (SSSR count). The first-order chi connectivity index (χ1) is 29.9. The van der Waals surface area contributed by atoms with Crippen molar-refractivity contribution in [1.82, 2.24) is 0 Å². The number of carbonyl (C=O) groups is 2. The molecule has 62 heavy (non-hydrogen) atoms. The molecule has 6 aromatic carbocycles. The summed E-state index contributed by atoms with van der Waals surface area (Å²) in [6, 6.07) is 36.1. The molecule has 6 aromatic rings. The highest BCUT2D eigenvalue weighted by atomic mass is 127. The first-order valence-electron chi connectivity index (χ1n) is 18.9. The third-order valence-corrected chi connectivity index (χ3v) is 10.3. The molecule has 0 saturated carbocycles. The van der Waals surface area contributed by atoms with Gasteiger partial charge in [0.1, 0.15) is 0 Å². The second-order valence-electron chi connectivity index (χ2n) is 12.9. The van der Waals surface area contributed by atoms with Gasteiger partial charge in [0.05, 0.1) is 56.9 Å². The molecule has 0 unspecified atom stereocenters. The summed E-state index contributed by atoms with van der Waals surface area (Å²) in [7, 11) is 10.9. The Kier molecular flexibility index (Phi) is 18.8. The summed E-state index contributed by atoms with van der Waals surface area (Å²) in [6.07, 6.45) is 0.384. The highest BCUT2D eigenvalue weighted by Crippen LogP contribution is 2.36. The fourth-order valence-corrected chi connectivity index (χ4v) is 6.54. The fourth-order valence-electron chi connectivity index (χ4n) is 5.96. The number of hydrogen-bond acceptors (Lipinski definition) is 12. The van der Waals surface area contributed by atoms with Crippen molar-refractivity contribution in [2.45, 2.75) is 6.42 Å². The summed E-state index contributed by atoms with van der Waals surface area (Å²) in [5.74, 6) is 4.37. The van der Waals surface area contributed by atoms with E-state index in [2.05, 4.69) is 27.9 Å². The first-order valence-corrected chi connectivity index (χ1v) is 19.9. The number of methoxy groups -OCH3 is 8. The van der Waals surface area contributed by atoms with Crippen molar-refractivity contribution in [3.05, 3.63) is 142 Å². The first kappa shape index (κ1) is 48.2. The van der Waals surface area contributed by atoms with Gasteiger partial charge in [0.15, 0.2) is 51.8 Å². The van der Waals surface area contributed by atoms with E-state index in [4.69, 9.17) is 47.9 Å². The van der Waals surface area contributed by atoms with Crippen LogP contribution in [0.1, 0.15) is 26.3 Å². The summed E-state index contributed by atoms with van der Waals surface area (Å²) in [6.45, 7) is 0. The topological polar surface area (TPSA) is 160 Å². The number of ketones is 1. The maximum atomic E-state index is 12.8. The largest absolute Gasteiger partial charge is 0.493 e. The number of amides is 1. The smallest absolute Gasteiger partial charge is 0.488 e. The van der Waals surface area contributed by atoms with Crippen molar-refractivity contribution in [3.63, 3.8) is 0 Å². The SMILES string of the molecule is COc1ccc(B(O)O)cc1OC.COc1ccc(C(=O)Cc2ccccc2I)cc1OC.COc1ccc(C(=O)Nc2ccccc2-c2ccc(OC)c(OC)c2)cc1OC. The Labute approximate surface area is 375 Å². The molecule has 1 amide bonds.